The highest BCUT2D eigenvalue weighted by Crippen LogP contribution is 2.48. The molecular formula is C19H19NO2S. The van der Waals surface area contributed by atoms with Crippen molar-refractivity contribution in [3.63, 3.8) is 0 Å². The van der Waals surface area contributed by atoms with Crippen LogP contribution in [0.5, 0.6) is 0 Å². The fourth-order valence-corrected chi connectivity index (χ4v) is 5.79. The summed E-state index contributed by atoms with van der Waals surface area (Å²) < 4.78 is 27.9. The maximum absolute atomic E-state index is 13.1. The Hall–Kier alpha value is -1.91. The van der Waals surface area contributed by atoms with Crippen molar-refractivity contribution in [1.29, 1.82) is 0 Å². The Labute approximate surface area is 137 Å². The molecule has 0 saturated carbocycles. The quantitative estimate of drug-likeness (QED) is 0.813. The molecule has 3 atom stereocenters. The summed E-state index contributed by atoms with van der Waals surface area (Å²) in [6, 6.07) is 17.0. The Bertz CT molecular complexity index is 845. The topological polar surface area (TPSA) is 37.4 Å². The number of nitrogens with zero attached hydrogens (tertiary/aromatic N) is 1. The van der Waals surface area contributed by atoms with E-state index >= 15 is 0 Å². The van der Waals surface area contributed by atoms with Crippen LogP contribution in [0.4, 0.5) is 0 Å². The van der Waals surface area contributed by atoms with Crippen LogP contribution in [0.2, 0.25) is 0 Å². The number of rotatable bonds is 3. The summed E-state index contributed by atoms with van der Waals surface area (Å²) in [4.78, 5) is 0.374. The van der Waals surface area contributed by atoms with Crippen molar-refractivity contribution in [2.45, 2.75) is 23.3 Å². The molecule has 4 rings (SSSR count). The standard InChI is InChI=1S/C19H19NO2S/c1-2-14-13-20(23(21,22)16-9-4-3-5-10-16)18-12-15-8-6-7-11-17(15)19(14)18/h2-11,14,18-19H,1,12-13H2/t14?,18-,19+/m1/s1. The highest BCUT2D eigenvalue weighted by Gasteiger charge is 2.50. The molecule has 0 spiro atoms. The smallest absolute Gasteiger partial charge is 0.207 e. The fraction of sp³-hybridized carbons (Fsp3) is 0.263. The number of fused-ring (bicyclic) bond motifs is 3. The minimum atomic E-state index is -3.47. The minimum absolute atomic E-state index is 0.000561. The van der Waals surface area contributed by atoms with Gasteiger partial charge in [0.1, 0.15) is 0 Å². The predicted molar refractivity (Wildman–Crippen MR) is 90.7 cm³/mol. The second kappa shape index (κ2) is 5.32. The highest BCUT2D eigenvalue weighted by atomic mass is 32.2. The van der Waals surface area contributed by atoms with Crippen molar-refractivity contribution in [3.8, 4) is 0 Å². The fourth-order valence-electron chi connectivity index (χ4n) is 4.08. The molecule has 1 heterocycles. The van der Waals surface area contributed by atoms with Crippen LogP contribution in [0.25, 0.3) is 0 Å². The third kappa shape index (κ3) is 2.17. The van der Waals surface area contributed by atoms with E-state index in [-0.39, 0.29) is 17.9 Å². The Morgan fingerprint density at radius 3 is 2.48 bits per heavy atom. The van der Waals surface area contributed by atoms with E-state index in [2.05, 4.69) is 18.7 Å². The van der Waals surface area contributed by atoms with Gasteiger partial charge in [-0.2, -0.15) is 4.31 Å². The largest absolute Gasteiger partial charge is 0.243 e. The molecule has 0 bridgehead atoms. The van der Waals surface area contributed by atoms with Crippen molar-refractivity contribution in [2.75, 3.05) is 6.54 Å². The molecule has 2 aromatic carbocycles. The number of hydrogen-bond donors (Lipinski definition) is 0. The monoisotopic (exact) mass is 325 g/mol. The van der Waals surface area contributed by atoms with Crippen LogP contribution in [0.3, 0.4) is 0 Å². The third-order valence-electron chi connectivity index (χ3n) is 5.13. The van der Waals surface area contributed by atoms with Gasteiger partial charge in [0.25, 0.3) is 0 Å². The van der Waals surface area contributed by atoms with Crippen LogP contribution in [-0.2, 0) is 16.4 Å². The molecule has 3 nitrogen and oxygen atoms in total. The average molecular weight is 325 g/mol. The van der Waals surface area contributed by atoms with E-state index in [9.17, 15) is 8.42 Å². The van der Waals surface area contributed by atoms with Gasteiger partial charge in [0.05, 0.1) is 4.90 Å². The van der Waals surface area contributed by atoms with Gasteiger partial charge in [-0.05, 0) is 35.6 Å². The number of hydrogen-bond acceptors (Lipinski definition) is 2. The zero-order chi connectivity index (χ0) is 16.0. The number of benzene rings is 2. The second-order valence-corrected chi connectivity index (χ2v) is 8.17. The number of sulfonamides is 1. The van der Waals surface area contributed by atoms with E-state index in [1.807, 2.05) is 24.3 Å². The predicted octanol–water partition coefficient (Wildman–Crippen LogP) is 3.20. The normalized spacial score (nSPS) is 26.7. The first-order valence-corrected chi connectivity index (χ1v) is 9.34. The molecular weight excluding hydrogens is 306 g/mol. The van der Waals surface area contributed by atoms with E-state index in [0.29, 0.717) is 11.4 Å². The molecule has 2 aliphatic rings. The first-order chi connectivity index (χ1) is 11.1. The van der Waals surface area contributed by atoms with E-state index in [0.717, 1.165) is 6.42 Å². The van der Waals surface area contributed by atoms with Gasteiger partial charge in [0.2, 0.25) is 10.0 Å². The van der Waals surface area contributed by atoms with Gasteiger partial charge >= 0.3 is 0 Å². The lowest BCUT2D eigenvalue weighted by Crippen LogP contribution is -2.36. The Morgan fingerprint density at radius 1 is 1.04 bits per heavy atom. The van der Waals surface area contributed by atoms with Crippen molar-refractivity contribution in [2.24, 2.45) is 5.92 Å². The summed E-state index contributed by atoms with van der Waals surface area (Å²) in [5, 5.41) is 0. The Balaban J connectivity index is 1.77. The van der Waals surface area contributed by atoms with Gasteiger partial charge in [0.15, 0.2) is 0 Å². The second-order valence-electron chi connectivity index (χ2n) is 6.28. The van der Waals surface area contributed by atoms with E-state index in [1.54, 1.807) is 28.6 Å². The van der Waals surface area contributed by atoms with Gasteiger partial charge < -0.3 is 0 Å². The lowest BCUT2D eigenvalue weighted by atomic mass is 9.89. The molecule has 0 N–H and O–H groups in total. The van der Waals surface area contributed by atoms with Crippen LogP contribution >= 0.6 is 0 Å². The lowest BCUT2D eigenvalue weighted by Gasteiger charge is -2.23. The summed E-state index contributed by atoms with van der Waals surface area (Å²) >= 11 is 0. The van der Waals surface area contributed by atoms with Crippen LogP contribution in [0.1, 0.15) is 17.0 Å². The van der Waals surface area contributed by atoms with Gasteiger partial charge in [-0.15, -0.1) is 6.58 Å². The molecule has 23 heavy (non-hydrogen) atoms. The molecule has 0 aromatic heterocycles. The SMILES string of the molecule is C=CC1CN(S(=O)(=O)c2ccccc2)[C@@H]2Cc3ccccc3[C@H]12. The average Bonchev–Trinajstić information content (AvgIpc) is 3.12. The summed E-state index contributed by atoms with van der Waals surface area (Å²) in [5.74, 6) is 0.393. The highest BCUT2D eigenvalue weighted by molar-refractivity contribution is 7.89. The summed E-state index contributed by atoms with van der Waals surface area (Å²) in [6.45, 7) is 4.46. The molecule has 4 heteroatoms. The Kier molecular flexibility index (Phi) is 3.39. The molecule has 1 aliphatic carbocycles. The van der Waals surface area contributed by atoms with Crippen LogP contribution in [0, 0.1) is 5.92 Å². The summed E-state index contributed by atoms with van der Waals surface area (Å²) in [7, 11) is -3.47. The molecule has 118 valence electrons. The first kappa shape index (κ1) is 14.7. The molecule has 2 aromatic rings. The first-order valence-electron chi connectivity index (χ1n) is 7.90. The van der Waals surface area contributed by atoms with Crippen LogP contribution in [-0.4, -0.2) is 25.3 Å². The Morgan fingerprint density at radius 2 is 1.74 bits per heavy atom. The van der Waals surface area contributed by atoms with Crippen LogP contribution < -0.4 is 0 Å². The molecule has 1 aliphatic heterocycles. The molecule has 1 saturated heterocycles. The van der Waals surface area contributed by atoms with E-state index in [4.69, 9.17) is 0 Å². The third-order valence-corrected chi connectivity index (χ3v) is 7.04. The van der Waals surface area contributed by atoms with E-state index in [1.165, 1.54) is 11.1 Å². The molecule has 1 unspecified atom stereocenters. The lowest BCUT2D eigenvalue weighted by molar-refractivity contribution is 0.384. The van der Waals surface area contributed by atoms with Gasteiger partial charge in [0, 0.05) is 18.5 Å². The van der Waals surface area contributed by atoms with Gasteiger partial charge in [-0.3, -0.25) is 0 Å². The van der Waals surface area contributed by atoms with Crippen molar-refractivity contribution in [1.82, 2.24) is 4.31 Å². The summed E-state index contributed by atoms with van der Waals surface area (Å²) in [5.41, 5.74) is 2.55. The maximum Gasteiger partial charge on any atom is 0.243 e. The molecule has 0 amide bonds. The van der Waals surface area contributed by atoms with Crippen molar-refractivity contribution in [3.05, 3.63) is 78.4 Å². The summed E-state index contributed by atoms with van der Waals surface area (Å²) in [6.07, 6.45) is 2.71. The minimum Gasteiger partial charge on any atom is -0.207 e. The zero-order valence-electron chi connectivity index (χ0n) is 12.8. The van der Waals surface area contributed by atoms with Crippen molar-refractivity contribution >= 4 is 10.0 Å². The molecule has 1 fully saturated rings. The van der Waals surface area contributed by atoms with Crippen LogP contribution in [0.15, 0.2) is 72.1 Å². The van der Waals surface area contributed by atoms with Gasteiger partial charge in [-0.25, -0.2) is 8.42 Å². The van der Waals surface area contributed by atoms with Gasteiger partial charge in [-0.1, -0.05) is 48.5 Å². The van der Waals surface area contributed by atoms with E-state index < -0.39 is 10.0 Å². The maximum atomic E-state index is 13.1. The molecule has 0 radical (unpaired) electrons. The van der Waals surface area contributed by atoms with Crippen molar-refractivity contribution < 1.29 is 8.42 Å². The zero-order valence-corrected chi connectivity index (χ0v) is 13.6.